The minimum absolute atomic E-state index is 0.273. The standard InChI is InChI=1S/C14H11FN4/c15-11-6-8-12(9-7-11)16-14-17-13(18-19-14)10-4-2-1-3-5-10/h1-9H,(H2,16,17,18,19). The third kappa shape index (κ3) is 2.60. The Kier molecular flexibility index (Phi) is 2.94. The first kappa shape index (κ1) is 11.4. The van der Waals surface area contributed by atoms with Gasteiger partial charge in [0.1, 0.15) is 5.82 Å². The van der Waals surface area contributed by atoms with Crippen molar-refractivity contribution in [2.24, 2.45) is 0 Å². The zero-order valence-corrected chi connectivity index (χ0v) is 9.97. The molecule has 0 amide bonds. The number of rotatable bonds is 3. The van der Waals surface area contributed by atoms with Gasteiger partial charge in [0.25, 0.3) is 0 Å². The lowest BCUT2D eigenvalue weighted by Crippen LogP contribution is -1.92. The van der Waals surface area contributed by atoms with E-state index in [4.69, 9.17) is 0 Å². The van der Waals surface area contributed by atoms with Crippen LogP contribution in [0.1, 0.15) is 0 Å². The molecule has 0 aliphatic heterocycles. The van der Waals surface area contributed by atoms with Crippen molar-refractivity contribution in [1.82, 2.24) is 15.2 Å². The van der Waals surface area contributed by atoms with Crippen LogP contribution in [0.4, 0.5) is 16.0 Å². The number of benzene rings is 2. The number of hydrogen-bond donors (Lipinski definition) is 2. The zero-order chi connectivity index (χ0) is 13.1. The summed E-state index contributed by atoms with van der Waals surface area (Å²) in [4.78, 5) is 4.33. The molecule has 4 nitrogen and oxygen atoms in total. The van der Waals surface area contributed by atoms with Crippen molar-refractivity contribution in [2.75, 3.05) is 5.32 Å². The summed E-state index contributed by atoms with van der Waals surface area (Å²) in [7, 11) is 0. The Labute approximate surface area is 109 Å². The smallest absolute Gasteiger partial charge is 0.246 e. The Morgan fingerprint density at radius 3 is 2.42 bits per heavy atom. The first-order valence-corrected chi connectivity index (χ1v) is 5.82. The van der Waals surface area contributed by atoms with E-state index in [9.17, 15) is 4.39 Å². The molecule has 2 aromatic carbocycles. The maximum atomic E-state index is 12.8. The zero-order valence-electron chi connectivity index (χ0n) is 9.97. The molecule has 3 rings (SSSR count). The summed E-state index contributed by atoms with van der Waals surface area (Å²) in [5.41, 5.74) is 1.70. The molecule has 0 aliphatic carbocycles. The number of H-pyrrole nitrogens is 1. The van der Waals surface area contributed by atoms with Crippen molar-refractivity contribution < 1.29 is 4.39 Å². The van der Waals surface area contributed by atoms with E-state index in [1.54, 1.807) is 12.1 Å². The van der Waals surface area contributed by atoms with Gasteiger partial charge in [-0.1, -0.05) is 30.3 Å². The number of halogens is 1. The van der Waals surface area contributed by atoms with Crippen molar-refractivity contribution in [2.45, 2.75) is 0 Å². The molecule has 0 fully saturated rings. The van der Waals surface area contributed by atoms with Crippen molar-refractivity contribution >= 4 is 11.6 Å². The largest absolute Gasteiger partial charge is 0.323 e. The molecule has 0 saturated heterocycles. The summed E-state index contributed by atoms with van der Waals surface area (Å²) in [6.45, 7) is 0. The van der Waals surface area contributed by atoms with E-state index in [1.807, 2.05) is 30.3 Å². The second kappa shape index (κ2) is 4.89. The molecule has 0 radical (unpaired) electrons. The van der Waals surface area contributed by atoms with Crippen molar-refractivity contribution in [1.29, 1.82) is 0 Å². The van der Waals surface area contributed by atoms with Crippen molar-refractivity contribution in [3.05, 3.63) is 60.4 Å². The number of nitrogens with one attached hydrogen (secondary N) is 2. The summed E-state index contributed by atoms with van der Waals surface area (Å²) in [5.74, 6) is 0.862. The topological polar surface area (TPSA) is 53.6 Å². The molecular weight excluding hydrogens is 243 g/mol. The average Bonchev–Trinajstić information content (AvgIpc) is 2.91. The summed E-state index contributed by atoms with van der Waals surface area (Å²) < 4.78 is 12.8. The van der Waals surface area contributed by atoms with Crippen LogP contribution in [0.3, 0.4) is 0 Å². The maximum Gasteiger partial charge on any atom is 0.246 e. The van der Waals surface area contributed by atoms with Gasteiger partial charge >= 0.3 is 0 Å². The number of aromatic nitrogens is 3. The molecule has 1 aromatic heterocycles. The molecule has 19 heavy (non-hydrogen) atoms. The lowest BCUT2D eigenvalue weighted by atomic mass is 10.2. The third-order valence-electron chi connectivity index (χ3n) is 2.63. The fourth-order valence-electron chi connectivity index (χ4n) is 1.71. The fraction of sp³-hybridized carbons (Fsp3) is 0. The Morgan fingerprint density at radius 2 is 1.68 bits per heavy atom. The fourth-order valence-corrected chi connectivity index (χ4v) is 1.71. The monoisotopic (exact) mass is 254 g/mol. The first-order valence-electron chi connectivity index (χ1n) is 5.82. The Morgan fingerprint density at radius 1 is 0.947 bits per heavy atom. The molecule has 0 atom stereocenters. The second-order valence-electron chi connectivity index (χ2n) is 4.01. The second-order valence-corrected chi connectivity index (χ2v) is 4.01. The average molecular weight is 254 g/mol. The van der Waals surface area contributed by atoms with E-state index in [0.29, 0.717) is 11.8 Å². The van der Waals surface area contributed by atoms with Gasteiger partial charge in [-0.3, -0.25) is 5.10 Å². The molecule has 2 N–H and O–H groups in total. The third-order valence-corrected chi connectivity index (χ3v) is 2.63. The van der Waals surface area contributed by atoms with E-state index in [1.165, 1.54) is 12.1 Å². The maximum absolute atomic E-state index is 12.8. The molecule has 1 heterocycles. The number of aromatic amines is 1. The Balaban J connectivity index is 1.80. The SMILES string of the molecule is Fc1ccc(Nc2n[nH]c(-c3ccccc3)n2)cc1. The Hall–Kier alpha value is -2.69. The van der Waals surface area contributed by atoms with Gasteiger partial charge < -0.3 is 5.32 Å². The van der Waals surface area contributed by atoms with Gasteiger partial charge in [-0.2, -0.15) is 4.98 Å². The summed E-state index contributed by atoms with van der Waals surface area (Å²) in [5, 5.41) is 9.93. The predicted octanol–water partition coefficient (Wildman–Crippen LogP) is 3.35. The molecule has 0 aliphatic rings. The highest BCUT2D eigenvalue weighted by atomic mass is 19.1. The van der Waals surface area contributed by atoms with Gasteiger partial charge in [0, 0.05) is 11.3 Å². The van der Waals surface area contributed by atoms with Crippen LogP contribution in [0, 0.1) is 5.82 Å². The van der Waals surface area contributed by atoms with Crippen LogP contribution in [0.15, 0.2) is 54.6 Å². The lowest BCUT2D eigenvalue weighted by Gasteiger charge is -2.00. The highest BCUT2D eigenvalue weighted by molar-refractivity contribution is 5.58. The normalized spacial score (nSPS) is 10.4. The van der Waals surface area contributed by atoms with Gasteiger partial charge in [-0.15, -0.1) is 5.10 Å². The van der Waals surface area contributed by atoms with Crippen LogP contribution in [-0.2, 0) is 0 Å². The van der Waals surface area contributed by atoms with Crippen molar-refractivity contribution in [3.8, 4) is 11.4 Å². The van der Waals surface area contributed by atoms with E-state index in [2.05, 4.69) is 20.5 Å². The van der Waals surface area contributed by atoms with Gasteiger partial charge in [-0.05, 0) is 24.3 Å². The van der Waals surface area contributed by atoms with Crippen LogP contribution in [-0.4, -0.2) is 15.2 Å². The first-order chi connectivity index (χ1) is 9.31. The molecule has 0 saturated carbocycles. The molecule has 94 valence electrons. The molecule has 5 heteroatoms. The van der Waals surface area contributed by atoms with E-state index in [0.717, 1.165) is 11.3 Å². The summed E-state index contributed by atoms with van der Waals surface area (Å²) >= 11 is 0. The lowest BCUT2D eigenvalue weighted by molar-refractivity contribution is 0.628. The molecule has 0 unspecified atom stereocenters. The predicted molar refractivity (Wildman–Crippen MR) is 71.5 cm³/mol. The minimum Gasteiger partial charge on any atom is -0.323 e. The van der Waals surface area contributed by atoms with Crippen LogP contribution in [0.25, 0.3) is 11.4 Å². The quantitative estimate of drug-likeness (QED) is 0.753. The molecule has 3 aromatic rings. The van der Waals surface area contributed by atoms with E-state index < -0.39 is 0 Å². The number of nitrogens with zero attached hydrogens (tertiary/aromatic N) is 2. The van der Waals surface area contributed by atoms with Gasteiger partial charge in [0.15, 0.2) is 5.82 Å². The highest BCUT2D eigenvalue weighted by Gasteiger charge is 2.05. The van der Waals surface area contributed by atoms with Crippen LogP contribution < -0.4 is 5.32 Å². The van der Waals surface area contributed by atoms with E-state index in [-0.39, 0.29) is 5.82 Å². The molecule has 0 spiro atoms. The van der Waals surface area contributed by atoms with Crippen LogP contribution in [0.5, 0.6) is 0 Å². The van der Waals surface area contributed by atoms with Crippen LogP contribution in [0.2, 0.25) is 0 Å². The van der Waals surface area contributed by atoms with Gasteiger partial charge in [0.2, 0.25) is 5.95 Å². The van der Waals surface area contributed by atoms with Crippen LogP contribution >= 0.6 is 0 Å². The Bertz CT molecular complexity index is 661. The van der Waals surface area contributed by atoms with E-state index >= 15 is 0 Å². The number of anilines is 2. The molecule has 0 bridgehead atoms. The summed E-state index contributed by atoms with van der Waals surface area (Å²) in [6.07, 6.45) is 0. The van der Waals surface area contributed by atoms with Gasteiger partial charge in [0.05, 0.1) is 0 Å². The highest BCUT2D eigenvalue weighted by Crippen LogP contribution is 2.18. The molecular formula is C14H11FN4. The minimum atomic E-state index is -0.273. The summed E-state index contributed by atoms with van der Waals surface area (Å²) in [6, 6.07) is 15.7. The number of hydrogen-bond acceptors (Lipinski definition) is 3. The van der Waals surface area contributed by atoms with Crippen molar-refractivity contribution in [3.63, 3.8) is 0 Å². The van der Waals surface area contributed by atoms with Gasteiger partial charge in [-0.25, -0.2) is 4.39 Å².